The molecular formula is C17H13IN2O. The minimum Gasteiger partial charge on any atom is -0.324 e. The molecule has 0 aliphatic carbocycles. The third-order valence-corrected chi connectivity index (χ3v) is 3.83. The molecule has 1 heterocycles. The molecule has 0 bridgehead atoms. The molecule has 0 atom stereocenters. The third-order valence-electron chi connectivity index (χ3n) is 3.11. The summed E-state index contributed by atoms with van der Waals surface area (Å²) < 4.78 is 3.11. The summed E-state index contributed by atoms with van der Waals surface area (Å²) in [5.41, 5.74) is 2.45. The van der Waals surface area contributed by atoms with Gasteiger partial charge in [-0.2, -0.15) is 0 Å². The van der Waals surface area contributed by atoms with Gasteiger partial charge in [-0.05, 0) is 77.2 Å². The molecule has 0 unspecified atom stereocenters. The van der Waals surface area contributed by atoms with E-state index in [2.05, 4.69) is 27.9 Å². The summed E-state index contributed by atoms with van der Waals surface area (Å²) in [5, 5.41) is 2.93. The molecular weight excluding hydrogens is 375 g/mol. The Kier molecular flexibility index (Phi) is 4.06. The molecule has 0 aliphatic heterocycles. The summed E-state index contributed by atoms with van der Waals surface area (Å²) in [6, 6.07) is 19.2. The number of nitrogens with one attached hydrogen (secondary N) is 1. The molecule has 0 spiro atoms. The second-order valence-electron chi connectivity index (χ2n) is 4.60. The second-order valence-corrected chi connectivity index (χ2v) is 5.85. The van der Waals surface area contributed by atoms with Crippen LogP contribution in [0.25, 0.3) is 5.69 Å². The van der Waals surface area contributed by atoms with E-state index in [0.717, 1.165) is 14.9 Å². The van der Waals surface area contributed by atoms with Crippen molar-refractivity contribution in [2.75, 3.05) is 5.32 Å². The quantitative estimate of drug-likeness (QED) is 0.666. The van der Waals surface area contributed by atoms with Crippen molar-refractivity contribution in [3.05, 3.63) is 82.2 Å². The van der Waals surface area contributed by atoms with Gasteiger partial charge in [0, 0.05) is 32.9 Å². The maximum absolute atomic E-state index is 12.2. The first-order chi connectivity index (χ1) is 10.2. The zero-order valence-electron chi connectivity index (χ0n) is 11.2. The highest BCUT2D eigenvalue weighted by Crippen LogP contribution is 2.16. The van der Waals surface area contributed by atoms with Gasteiger partial charge < -0.3 is 9.88 Å². The fourth-order valence-corrected chi connectivity index (χ4v) is 2.42. The highest BCUT2D eigenvalue weighted by Gasteiger charge is 2.06. The predicted octanol–water partition coefficient (Wildman–Crippen LogP) is 4.33. The number of carbonyl (C=O) groups is 1. The van der Waals surface area contributed by atoms with Gasteiger partial charge in [0.15, 0.2) is 0 Å². The first-order valence-corrected chi connectivity index (χ1v) is 7.60. The Morgan fingerprint density at radius 1 is 0.952 bits per heavy atom. The molecule has 1 amide bonds. The highest BCUT2D eigenvalue weighted by molar-refractivity contribution is 14.1. The first kappa shape index (κ1) is 13.9. The smallest absolute Gasteiger partial charge is 0.255 e. The highest BCUT2D eigenvalue weighted by atomic mass is 127. The minimum atomic E-state index is -0.101. The Labute approximate surface area is 136 Å². The van der Waals surface area contributed by atoms with Gasteiger partial charge in [0.2, 0.25) is 0 Å². The fraction of sp³-hybridized carbons (Fsp3) is 0. The summed E-state index contributed by atoms with van der Waals surface area (Å²) in [6.45, 7) is 0. The van der Waals surface area contributed by atoms with E-state index >= 15 is 0 Å². The number of hydrogen-bond acceptors (Lipinski definition) is 1. The number of rotatable bonds is 3. The van der Waals surface area contributed by atoms with E-state index in [1.165, 1.54) is 0 Å². The van der Waals surface area contributed by atoms with Crippen molar-refractivity contribution in [1.29, 1.82) is 0 Å². The van der Waals surface area contributed by atoms with Gasteiger partial charge in [-0.15, -0.1) is 0 Å². The van der Waals surface area contributed by atoms with E-state index in [1.807, 2.05) is 77.6 Å². The van der Waals surface area contributed by atoms with Gasteiger partial charge in [-0.1, -0.05) is 6.07 Å². The molecule has 21 heavy (non-hydrogen) atoms. The lowest BCUT2D eigenvalue weighted by Gasteiger charge is -2.08. The number of aromatic nitrogens is 1. The first-order valence-electron chi connectivity index (χ1n) is 6.53. The van der Waals surface area contributed by atoms with Crippen molar-refractivity contribution >= 4 is 34.2 Å². The molecule has 0 aliphatic rings. The van der Waals surface area contributed by atoms with Gasteiger partial charge >= 0.3 is 0 Å². The molecule has 0 fully saturated rings. The fourth-order valence-electron chi connectivity index (χ4n) is 2.06. The van der Waals surface area contributed by atoms with E-state index in [4.69, 9.17) is 0 Å². The van der Waals surface area contributed by atoms with Crippen LogP contribution < -0.4 is 5.32 Å². The normalized spacial score (nSPS) is 10.3. The van der Waals surface area contributed by atoms with Gasteiger partial charge in [0.05, 0.1) is 0 Å². The molecule has 1 N–H and O–H groups in total. The van der Waals surface area contributed by atoms with E-state index in [1.54, 1.807) is 0 Å². The number of halogens is 1. The van der Waals surface area contributed by atoms with Crippen LogP contribution in [0.3, 0.4) is 0 Å². The molecule has 0 radical (unpaired) electrons. The van der Waals surface area contributed by atoms with E-state index < -0.39 is 0 Å². The molecule has 3 aromatic rings. The van der Waals surface area contributed by atoms with Crippen LogP contribution in [-0.2, 0) is 0 Å². The van der Waals surface area contributed by atoms with E-state index in [9.17, 15) is 4.79 Å². The van der Waals surface area contributed by atoms with Crippen LogP contribution in [0, 0.1) is 3.57 Å². The van der Waals surface area contributed by atoms with Crippen molar-refractivity contribution in [1.82, 2.24) is 4.57 Å². The lowest BCUT2D eigenvalue weighted by molar-refractivity contribution is 0.102. The Morgan fingerprint density at radius 3 is 2.38 bits per heavy atom. The average Bonchev–Trinajstić information content (AvgIpc) is 3.02. The van der Waals surface area contributed by atoms with Gasteiger partial charge in [-0.25, -0.2) is 0 Å². The monoisotopic (exact) mass is 388 g/mol. The molecule has 0 saturated carbocycles. The summed E-state index contributed by atoms with van der Waals surface area (Å²) in [6.07, 6.45) is 3.94. The van der Waals surface area contributed by atoms with Gasteiger partial charge in [0.1, 0.15) is 0 Å². The Morgan fingerprint density at radius 2 is 1.67 bits per heavy atom. The minimum absolute atomic E-state index is 0.101. The van der Waals surface area contributed by atoms with Crippen molar-refractivity contribution in [3.8, 4) is 5.69 Å². The van der Waals surface area contributed by atoms with Crippen LogP contribution in [0.5, 0.6) is 0 Å². The van der Waals surface area contributed by atoms with Crippen LogP contribution in [0.15, 0.2) is 73.1 Å². The lowest BCUT2D eigenvalue weighted by atomic mass is 10.2. The number of anilines is 1. The molecule has 4 heteroatoms. The van der Waals surface area contributed by atoms with Crippen LogP contribution in [0.4, 0.5) is 5.69 Å². The Balaban J connectivity index is 1.80. The van der Waals surface area contributed by atoms with Crippen molar-refractivity contribution in [2.45, 2.75) is 0 Å². The van der Waals surface area contributed by atoms with Crippen molar-refractivity contribution in [3.63, 3.8) is 0 Å². The van der Waals surface area contributed by atoms with Gasteiger partial charge in [0.25, 0.3) is 5.91 Å². The maximum Gasteiger partial charge on any atom is 0.255 e. The van der Waals surface area contributed by atoms with E-state index in [-0.39, 0.29) is 5.91 Å². The molecule has 3 nitrogen and oxygen atoms in total. The van der Waals surface area contributed by atoms with Crippen LogP contribution in [0.2, 0.25) is 0 Å². The predicted molar refractivity (Wildman–Crippen MR) is 92.9 cm³/mol. The molecule has 1 aromatic heterocycles. The molecule has 2 aromatic carbocycles. The number of hydrogen-bond donors (Lipinski definition) is 1. The van der Waals surface area contributed by atoms with E-state index in [0.29, 0.717) is 5.56 Å². The topological polar surface area (TPSA) is 34.0 Å². The van der Waals surface area contributed by atoms with Crippen LogP contribution >= 0.6 is 22.6 Å². The second kappa shape index (κ2) is 6.13. The molecule has 104 valence electrons. The number of amides is 1. The third kappa shape index (κ3) is 3.33. The number of carbonyl (C=O) groups excluding carboxylic acids is 1. The zero-order valence-corrected chi connectivity index (χ0v) is 13.3. The van der Waals surface area contributed by atoms with Crippen LogP contribution in [-0.4, -0.2) is 10.5 Å². The Hall–Kier alpha value is -2.08. The summed E-state index contributed by atoms with van der Waals surface area (Å²) in [4.78, 5) is 12.2. The molecule has 3 rings (SSSR count). The zero-order chi connectivity index (χ0) is 14.7. The molecule has 0 saturated heterocycles. The Bertz CT molecular complexity index is 749. The number of nitrogens with zero attached hydrogens (tertiary/aromatic N) is 1. The summed E-state index contributed by atoms with van der Waals surface area (Å²) in [7, 11) is 0. The van der Waals surface area contributed by atoms with Crippen molar-refractivity contribution < 1.29 is 4.79 Å². The summed E-state index contributed by atoms with van der Waals surface area (Å²) >= 11 is 2.22. The largest absolute Gasteiger partial charge is 0.324 e. The van der Waals surface area contributed by atoms with Crippen LogP contribution in [0.1, 0.15) is 10.4 Å². The standard InChI is InChI=1S/C17H13IN2O/c18-14-8-6-13(7-9-14)17(21)19-15-4-3-5-16(12-15)20-10-1-2-11-20/h1-12H,(H,19,21). The maximum atomic E-state index is 12.2. The SMILES string of the molecule is O=C(Nc1cccc(-n2cccc2)c1)c1ccc(I)cc1. The average molecular weight is 388 g/mol. The lowest BCUT2D eigenvalue weighted by Crippen LogP contribution is -2.11. The van der Waals surface area contributed by atoms with Gasteiger partial charge in [-0.3, -0.25) is 4.79 Å². The number of benzene rings is 2. The summed E-state index contributed by atoms with van der Waals surface area (Å²) in [5.74, 6) is -0.101. The van der Waals surface area contributed by atoms with Crippen molar-refractivity contribution in [2.24, 2.45) is 0 Å².